The van der Waals surface area contributed by atoms with E-state index in [1.165, 1.54) is 10.6 Å². The van der Waals surface area contributed by atoms with Crippen molar-refractivity contribution in [2.45, 2.75) is 25.3 Å². The molecule has 2 aliphatic rings. The van der Waals surface area contributed by atoms with Crippen LogP contribution in [0.4, 0.5) is 0 Å². The van der Waals surface area contributed by atoms with E-state index in [0.717, 1.165) is 19.4 Å². The second-order valence-electron chi connectivity index (χ2n) is 5.04. The molecule has 0 radical (unpaired) electrons. The van der Waals surface area contributed by atoms with Gasteiger partial charge in [-0.1, -0.05) is 0 Å². The first-order valence-electron chi connectivity index (χ1n) is 6.43. The van der Waals surface area contributed by atoms with E-state index in [2.05, 4.69) is 5.32 Å². The Morgan fingerprint density at radius 1 is 1.28 bits per heavy atom. The molecule has 2 heterocycles. The van der Waals surface area contributed by atoms with E-state index in [9.17, 15) is 13.2 Å². The Kier molecular flexibility index (Phi) is 4.24. The molecular weight excluding hydrogens is 254 g/mol. The van der Waals surface area contributed by atoms with Crippen LogP contribution in [0.3, 0.4) is 0 Å². The minimum Gasteiger partial charge on any atom is -0.340 e. The van der Waals surface area contributed by atoms with Crippen molar-refractivity contribution >= 4 is 15.9 Å². The Bertz CT molecular complexity index is 396. The molecule has 2 fully saturated rings. The smallest absolute Gasteiger partial charge is 0.224 e. The van der Waals surface area contributed by atoms with Crippen LogP contribution in [0.5, 0.6) is 0 Å². The lowest BCUT2D eigenvalue weighted by molar-refractivity contribution is -0.132. The summed E-state index contributed by atoms with van der Waals surface area (Å²) in [5, 5.41) is 3.31. The van der Waals surface area contributed by atoms with E-state index in [1.807, 2.05) is 0 Å². The van der Waals surface area contributed by atoms with Crippen LogP contribution in [-0.2, 0) is 14.8 Å². The van der Waals surface area contributed by atoms with Crippen molar-refractivity contribution in [1.82, 2.24) is 14.5 Å². The number of nitrogens with zero attached hydrogens (tertiary/aromatic N) is 2. The monoisotopic (exact) mass is 275 g/mol. The van der Waals surface area contributed by atoms with Crippen LogP contribution < -0.4 is 5.32 Å². The number of carbonyl (C=O) groups excluding carboxylic acids is 1. The van der Waals surface area contributed by atoms with E-state index in [4.69, 9.17) is 0 Å². The van der Waals surface area contributed by atoms with Gasteiger partial charge in [0.1, 0.15) is 0 Å². The minimum absolute atomic E-state index is 0.141. The summed E-state index contributed by atoms with van der Waals surface area (Å²) < 4.78 is 24.1. The van der Waals surface area contributed by atoms with Gasteiger partial charge in [-0.2, -0.15) is 4.31 Å². The van der Waals surface area contributed by atoms with Crippen LogP contribution >= 0.6 is 0 Å². The molecule has 0 aromatic rings. The fourth-order valence-electron chi connectivity index (χ4n) is 2.54. The highest BCUT2D eigenvalue weighted by atomic mass is 32.2. The zero-order valence-electron chi connectivity index (χ0n) is 10.8. The molecule has 0 saturated carbocycles. The molecule has 2 aliphatic heterocycles. The van der Waals surface area contributed by atoms with Crippen LogP contribution in [0.1, 0.15) is 19.3 Å². The first-order chi connectivity index (χ1) is 8.47. The first kappa shape index (κ1) is 13.8. The zero-order chi connectivity index (χ0) is 13.2. The van der Waals surface area contributed by atoms with Crippen molar-refractivity contribution in [2.24, 2.45) is 0 Å². The second kappa shape index (κ2) is 5.54. The third-order valence-corrected chi connectivity index (χ3v) is 4.95. The molecule has 0 aliphatic carbocycles. The standard InChI is InChI=1S/C11H21N3O3S/c1-18(16,17)14-7-5-13(6-8-14)11(15)9-10-3-2-4-12-10/h10,12H,2-9H2,1H3. The minimum atomic E-state index is -3.11. The summed E-state index contributed by atoms with van der Waals surface area (Å²) in [5.74, 6) is 0.141. The number of rotatable bonds is 3. The quantitative estimate of drug-likeness (QED) is 0.734. The summed E-state index contributed by atoms with van der Waals surface area (Å²) in [6, 6.07) is 0.311. The average molecular weight is 275 g/mol. The fraction of sp³-hybridized carbons (Fsp3) is 0.909. The zero-order valence-corrected chi connectivity index (χ0v) is 11.6. The lowest BCUT2D eigenvalue weighted by Crippen LogP contribution is -2.51. The molecule has 0 aromatic heterocycles. The SMILES string of the molecule is CS(=O)(=O)N1CCN(C(=O)CC2CCCN2)CC1. The normalized spacial score (nSPS) is 26.5. The van der Waals surface area contributed by atoms with E-state index < -0.39 is 10.0 Å². The predicted octanol–water partition coefficient (Wildman–Crippen LogP) is -0.768. The molecule has 0 spiro atoms. The van der Waals surface area contributed by atoms with Crippen molar-refractivity contribution in [3.8, 4) is 0 Å². The molecule has 2 saturated heterocycles. The van der Waals surface area contributed by atoms with Gasteiger partial charge in [-0.05, 0) is 19.4 Å². The summed E-state index contributed by atoms with van der Waals surface area (Å²) in [4.78, 5) is 13.8. The molecule has 1 atom stereocenters. The first-order valence-corrected chi connectivity index (χ1v) is 8.28. The fourth-order valence-corrected chi connectivity index (χ4v) is 3.37. The van der Waals surface area contributed by atoms with Gasteiger partial charge in [0.25, 0.3) is 0 Å². The number of hydrogen-bond donors (Lipinski definition) is 1. The Morgan fingerprint density at radius 2 is 1.94 bits per heavy atom. The van der Waals surface area contributed by atoms with Crippen LogP contribution in [0.2, 0.25) is 0 Å². The Hall–Kier alpha value is -0.660. The lowest BCUT2D eigenvalue weighted by Gasteiger charge is -2.33. The van der Waals surface area contributed by atoms with Crippen LogP contribution in [-0.4, -0.2) is 68.6 Å². The number of sulfonamides is 1. The summed E-state index contributed by atoms with van der Waals surface area (Å²) in [6.07, 6.45) is 3.96. The maximum atomic E-state index is 12.0. The number of nitrogens with one attached hydrogen (secondary N) is 1. The van der Waals surface area contributed by atoms with E-state index in [1.54, 1.807) is 4.90 Å². The number of amides is 1. The van der Waals surface area contributed by atoms with Crippen molar-refractivity contribution in [2.75, 3.05) is 39.0 Å². The second-order valence-corrected chi connectivity index (χ2v) is 7.02. The topological polar surface area (TPSA) is 69.7 Å². The van der Waals surface area contributed by atoms with Crippen molar-refractivity contribution in [3.63, 3.8) is 0 Å². The van der Waals surface area contributed by atoms with Crippen LogP contribution in [0.15, 0.2) is 0 Å². The largest absolute Gasteiger partial charge is 0.340 e. The molecule has 6 nitrogen and oxygen atoms in total. The molecule has 104 valence electrons. The highest BCUT2D eigenvalue weighted by molar-refractivity contribution is 7.88. The van der Waals surface area contributed by atoms with Crippen molar-refractivity contribution in [1.29, 1.82) is 0 Å². The maximum absolute atomic E-state index is 12.0. The Morgan fingerprint density at radius 3 is 2.44 bits per heavy atom. The third kappa shape index (κ3) is 3.43. The highest BCUT2D eigenvalue weighted by Crippen LogP contribution is 2.12. The Balaban J connectivity index is 1.80. The van der Waals surface area contributed by atoms with Crippen molar-refractivity contribution in [3.05, 3.63) is 0 Å². The van der Waals surface area contributed by atoms with E-state index in [0.29, 0.717) is 38.6 Å². The van der Waals surface area contributed by atoms with Gasteiger partial charge in [0.2, 0.25) is 15.9 Å². The summed E-state index contributed by atoms with van der Waals surface area (Å²) in [6.45, 7) is 2.86. The number of hydrogen-bond acceptors (Lipinski definition) is 4. The predicted molar refractivity (Wildman–Crippen MR) is 68.6 cm³/mol. The molecule has 1 unspecified atom stereocenters. The average Bonchev–Trinajstić information content (AvgIpc) is 2.81. The van der Waals surface area contributed by atoms with E-state index in [-0.39, 0.29) is 5.91 Å². The van der Waals surface area contributed by atoms with Gasteiger partial charge in [-0.25, -0.2) is 8.42 Å². The third-order valence-electron chi connectivity index (χ3n) is 3.64. The number of piperazine rings is 1. The van der Waals surface area contributed by atoms with Gasteiger partial charge >= 0.3 is 0 Å². The highest BCUT2D eigenvalue weighted by Gasteiger charge is 2.27. The molecule has 0 bridgehead atoms. The lowest BCUT2D eigenvalue weighted by atomic mass is 10.1. The Labute approximate surface area is 108 Å². The van der Waals surface area contributed by atoms with Crippen LogP contribution in [0.25, 0.3) is 0 Å². The van der Waals surface area contributed by atoms with Crippen molar-refractivity contribution < 1.29 is 13.2 Å². The molecule has 7 heteroatoms. The van der Waals surface area contributed by atoms with Gasteiger partial charge < -0.3 is 10.2 Å². The van der Waals surface area contributed by atoms with Crippen LogP contribution in [0, 0.1) is 0 Å². The molecule has 1 N–H and O–H groups in total. The maximum Gasteiger partial charge on any atom is 0.224 e. The summed E-state index contributed by atoms with van der Waals surface area (Å²) >= 11 is 0. The van der Waals surface area contributed by atoms with Gasteiger partial charge in [0.15, 0.2) is 0 Å². The van der Waals surface area contributed by atoms with Gasteiger partial charge in [0.05, 0.1) is 6.26 Å². The molecule has 0 aromatic carbocycles. The van der Waals surface area contributed by atoms with Gasteiger partial charge in [-0.3, -0.25) is 4.79 Å². The number of carbonyl (C=O) groups is 1. The van der Waals surface area contributed by atoms with Gasteiger partial charge in [-0.15, -0.1) is 0 Å². The summed E-state index contributed by atoms with van der Waals surface area (Å²) in [7, 11) is -3.11. The molecule has 18 heavy (non-hydrogen) atoms. The molecule has 2 rings (SSSR count). The molecule has 1 amide bonds. The summed E-state index contributed by atoms with van der Waals surface area (Å²) in [5.41, 5.74) is 0. The van der Waals surface area contributed by atoms with Gasteiger partial charge in [0, 0.05) is 38.6 Å². The van der Waals surface area contributed by atoms with E-state index >= 15 is 0 Å². The molecular formula is C11H21N3O3S.